The predicted octanol–water partition coefficient (Wildman–Crippen LogP) is 4.00. The third-order valence-corrected chi connectivity index (χ3v) is 5.95. The van der Waals surface area contributed by atoms with Crippen molar-refractivity contribution in [1.29, 1.82) is 0 Å². The van der Waals surface area contributed by atoms with E-state index >= 15 is 0 Å². The lowest BCUT2D eigenvalue weighted by molar-refractivity contribution is -0.149. The Morgan fingerprint density at radius 1 is 1.00 bits per heavy atom. The number of fused-ring (bicyclic) bond motifs is 2. The molecule has 0 bridgehead atoms. The average molecular weight is 453 g/mol. The number of carbonyl (C=O) groups is 2. The molecule has 1 N–H and O–H groups in total. The van der Waals surface area contributed by atoms with Gasteiger partial charge in [-0.15, -0.1) is 0 Å². The van der Waals surface area contributed by atoms with Crippen LogP contribution in [0.2, 0.25) is 0 Å². The molecular formula is C25H27NO7. The molecule has 2 aliphatic heterocycles. The fraction of sp³-hybridized carbons (Fsp3) is 0.440. The van der Waals surface area contributed by atoms with Gasteiger partial charge in [-0.2, -0.15) is 0 Å². The van der Waals surface area contributed by atoms with Crippen LogP contribution in [0.3, 0.4) is 0 Å². The molecule has 2 aromatic rings. The van der Waals surface area contributed by atoms with Gasteiger partial charge in [0.15, 0.2) is 36.2 Å². The molecule has 1 aliphatic carbocycles. The van der Waals surface area contributed by atoms with E-state index in [2.05, 4.69) is 5.32 Å². The van der Waals surface area contributed by atoms with Gasteiger partial charge in [0.1, 0.15) is 5.60 Å². The number of hydrogen-bond donors (Lipinski definition) is 1. The molecule has 8 heteroatoms. The van der Waals surface area contributed by atoms with E-state index in [9.17, 15) is 9.59 Å². The summed E-state index contributed by atoms with van der Waals surface area (Å²) in [6.07, 6.45) is 4.63. The van der Waals surface area contributed by atoms with Crippen LogP contribution in [0.1, 0.15) is 45.1 Å². The van der Waals surface area contributed by atoms with E-state index in [4.69, 9.17) is 23.7 Å². The van der Waals surface area contributed by atoms with Crippen LogP contribution in [-0.4, -0.2) is 36.5 Å². The van der Waals surface area contributed by atoms with Gasteiger partial charge >= 0.3 is 5.97 Å². The summed E-state index contributed by atoms with van der Waals surface area (Å²) in [4.78, 5) is 24.3. The van der Waals surface area contributed by atoms with E-state index in [0.29, 0.717) is 28.7 Å². The fourth-order valence-corrected chi connectivity index (χ4v) is 4.51. The van der Waals surface area contributed by atoms with Crippen LogP contribution in [0.5, 0.6) is 23.0 Å². The molecule has 0 atom stereocenters. The molecule has 1 fully saturated rings. The molecule has 2 aromatic carbocycles. The molecule has 5 rings (SSSR count). The van der Waals surface area contributed by atoms with Gasteiger partial charge in [0, 0.05) is 36.6 Å². The number of hydrogen-bond acceptors (Lipinski definition) is 7. The lowest BCUT2D eigenvalue weighted by atomic mass is 10.0. The summed E-state index contributed by atoms with van der Waals surface area (Å²) in [6, 6.07) is 10.8. The Labute approximate surface area is 192 Å². The van der Waals surface area contributed by atoms with Crippen molar-refractivity contribution in [2.75, 3.05) is 18.5 Å². The van der Waals surface area contributed by atoms with Gasteiger partial charge in [-0.25, -0.2) is 4.79 Å². The van der Waals surface area contributed by atoms with E-state index in [1.165, 1.54) is 0 Å². The minimum absolute atomic E-state index is 0.313. The Balaban J connectivity index is 1.10. The molecule has 174 valence electrons. The first-order chi connectivity index (χ1) is 15.8. The number of rotatable bonds is 6. The fourth-order valence-electron chi connectivity index (χ4n) is 4.51. The zero-order valence-electron chi connectivity index (χ0n) is 18.8. The van der Waals surface area contributed by atoms with Crippen LogP contribution in [0.4, 0.5) is 5.69 Å². The summed E-state index contributed by atoms with van der Waals surface area (Å²) in [5.74, 6) is 0.770. The smallest absolute Gasteiger partial charge is 0.344 e. The number of amides is 1. The highest BCUT2D eigenvalue weighted by molar-refractivity contribution is 5.93. The van der Waals surface area contributed by atoms with E-state index in [1.807, 2.05) is 26.0 Å². The van der Waals surface area contributed by atoms with Crippen molar-refractivity contribution in [3.05, 3.63) is 42.0 Å². The highest BCUT2D eigenvalue weighted by atomic mass is 16.7. The Morgan fingerprint density at radius 3 is 2.61 bits per heavy atom. The number of benzene rings is 2. The molecule has 0 radical (unpaired) electrons. The molecule has 1 spiro atoms. The van der Waals surface area contributed by atoms with Crippen LogP contribution in [-0.2, 0) is 20.7 Å². The van der Waals surface area contributed by atoms with Gasteiger partial charge in [0.05, 0.1) is 0 Å². The zero-order valence-corrected chi connectivity index (χ0v) is 18.8. The molecule has 1 amide bonds. The molecule has 2 heterocycles. The number of esters is 1. The number of para-hydroxylation sites is 1. The summed E-state index contributed by atoms with van der Waals surface area (Å²) in [5.41, 5.74) is 1.27. The first kappa shape index (κ1) is 21.4. The minimum Gasteiger partial charge on any atom is -0.483 e. The normalized spacial score (nSPS) is 18.5. The summed E-state index contributed by atoms with van der Waals surface area (Å²) < 4.78 is 28.5. The van der Waals surface area contributed by atoms with Gasteiger partial charge in [0.25, 0.3) is 11.7 Å². The Kier molecular flexibility index (Phi) is 5.31. The molecule has 0 unspecified atom stereocenters. The van der Waals surface area contributed by atoms with Crippen LogP contribution >= 0.6 is 0 Å². The van der Waals surface area contributed by atoms with E-state index in [1.54, 1.807) is 24.3 Å². The van der Waals surface area contributed by atoms with Crippen molar-refractivity contribution in [1.82, 2.24) is 0 Å². The zero-order chi connectivity index (χ0) is 23.1. The van der Waals surface area contributed by atoms with E-state index in [0.717, 1.165) is 37.7 Å². The molecule has 0 saturated heterocycles. The minimum atomic E-state index is -0.645. The maximum atomic E-state index is 12.2. The Morgan fingerprint density at radius 2 is 1.79 bits per heavy atom. The topological polar surface area (TPSA) is 92.3 Å². The molecular weight excluding hydrogens is 426 g/mol. The second kappa shape index (κ2) is 8.17. The van der Waals surface area contributed by atoms with Crippen LogP contribution in [0.25, 0.3) is 0 Å². The quantitative estimate of drug-likeness (QED) is 0.661. The Bertz CT molecular complexity index is 1090. The standard InChI is InChI=1S/C25H27NO7/c1-24(2)13-16-6-5-7-19(23(16)33-24)29-15-22(28)30-14-21(27)26-17-8-9-18-20(12-17)32-25(31-18)10-3-4-11-25/h5-9,12H,3-4,10-11,13-15H2,1-2H3,(H,26,27). The van der Waals surface area contributed by atoms with Crippen molar-refractivity contribution < 1.29 is 33.3 Å². The predicted molar refractivity (Wildman–Crippen MR) is 119 cm³/mol. The van der Waals surface area contributed by atoms with Crippen LogP contribution < -0.4 is 24.3 Å². The molecule has 0 aromatic heterocycles. The molecule has 33 heavy (non-hydrogen) atoms. The highest BCUT2D eigenvalue weighted by Crippen LogP contribution is 2.47. The van der Waals surface area contributed by atoms with Gasteiger partial charge < -0.3 is 29.0 Å². The van der Waals surface area contributed by atoms with Gasteiger partial charge in [-0.1, -0.05) is 12.1 Å². The first-order valence-corrected chi connectivity index (χ1v) is 11.2. The second-order valence-corrected chi connectivity index (χ2v) is 9.26. The highest BCUT2D eigenvalue weighted by Gasteiger charge is 2.44. The lowest BCUT2D eigenvalue weighted by Crippen LogP contribution is -2.34. The number of anilines is 1. The third-order valence-electron chi connectivity index (χ3n) is 5.95. The van der Waals surface area contributed by atoms with Crippen molar-refractivity contribution in [3.8, 4) is 23.0 Å². The third kappa shape index (κ3) is 4.55. The average Bonchev–Trinajstić information content (AvgIpc) is 3.45. The summed E-state index contributed by atoms with van der Waals surface area (Å²) in [5, 5.41) is 2.71. The second-order valence-electron chi connectivity index (χ2n) is 9.26. The Hall–Kier alpha value is -3.42. The van der Waals surface area contributed by atoms with Gasteiger partial charge in [0.2, 0.25) is 0 Å². The molecule has 1 saturated carbocycles. The number of ether oxygens (including phenoxy) is 5. The van der Waals surface area contributed by atoms with Crippen molar-refractivity contribution in [2.45, 2.75) is 57.3 Å². The van der Waals surface area contributed by atoms with Crippen LogP contribution in [0.15, 0.2) is 36.4 Å². The van der Waals surface area contributed by atoms with E-state index in [-0.39, 0.29) is 12.2 Å². The monoisotopic (exact) mass is 453 g/mol. The molecule has 3 aliphatic rings. The summed E-state index contributed by atoms with van der Waals surface area (Å²) >= 11 is 0. The first-order valence-electron chi connectivity index (χ1n) is 11.2. The van der Waals surface area contributed by atoms with E-state index < -0.39 is 24.3 Å². The molecule has 8 nitrogen and oxygen atoms in total. The van der Waals surface area contributed by atoms with Crippen molar-refractivity contribution in [3.63, 3.8) is 0 Å². The number of nitrogens with one attached hydrogen (secondary N) is 1. The summed E-state index contributed by atoms with van der Waals surface area (Å²) in [6.45, 7) is 3.25. The lowest BCUT2D eigenvalue weighted by Gasteiger charge is -2.21. The van der Waals surface area contributed by atoms with Crippen molar-refractivity contribution >= 4 is 17.6 Å². The van der Waals surface area contributed by atoms with Gasteiger partial charge in [-0.3, -0.25) is 4.79 Å². The maximum Gasteiger partial charge on any atom is 0.344 e. The van der Waals surface area contributed by atoms with Crippen molar-refractivity contribution in [2.24, 2.45) is 0 Å². The summed E-state index contributed by atoms with van der Waals surface area (Å²) in [7, 11) is 0. The van der Waals surface area contributed by atoms with Gasteiger partial charge in [-0.05, 0) is 44.9 Å². The number of carbonyl (C=O) groups excluding carboxylic acids is 2. The maximum absolute atomic E-state index is 12.2. The van der Waals surface area contributed by atoms with Crippen LogP contribution in [0, 0.1) is 0 Å². The SMILES string of the molecule is CC1(C)Cc2cccc(OCC(=O)OCC(=O)Nc3ccc4c(c3)OC3(CCCC3)O4)c2O1. The largest absolute Gasteiger partial charge is 0.483 e.